The SMILES string of the molecule is CCCCc1nc(CN(N)C(=O)c2cc(-c3ccc(OC(F)(F)F)cc3)ccc2N)no1. The molecule has 0 fully saturated rings. The summed E-state index contributed by atoms with van der Waals surface area (Å²) in [7, 11) is 0. The van der Waals surface area contributed by atoms with Crippen LogP contribution in [0.15, 0.2) is 47.0 Å². The number of hydrazine groups is 1. The van der Waals surface area contributed by atoms with Crippen LogP contribution in [0.1, 0.15) is 41.8 Å². The third kappa shape index (κ3) is 5.97. The maximum absolute atomic E-state index is 12.8. The van der Waals surface area contributed by atoms with Crippen molar-refractivity contribution in [3.05, 3.63) is 59.7 Å². The molecule has 32 heavy (non-hydrogen) atoms. The number of amides is 1. The van der Waals surface area contributed by atoms with Gasteiger partial charge in [0.25, 0.3) is 5.91 Å². The van der Waals surface area contributed by atoms with E-state index in [4.69, 9.17) is 16.1 Å². The Hall–Kier alpha value is -3.60. The number of halogens is 3. The Morgan fingerprint density at radius 2 is 1.84 bits per heavy atom. The van der Waals surface area contributed by atoms with Gasteiger partial charge in [-0.25, -0.2) is 5.84 Å². The molecule has 0 atom stereocenters. The number of unbranched alkanes of at least 4 members (excludes halogenated alkanes) is 1. The molecule has 1 heterocycles. The van der Waals surface area contributed by atoms with Crippen LogP contribution in [0.2, 0.25) is 0 Å². The summed E-state index contributed by atoms with van der Waals surface area (Å²) in [4.78, 5) is 17.0. The first-order valence-corrected chi connectivity index (χ1v) is 9.80. The Morgan fingerprint density at radius 3 is 2.50 bits per heavy atom. The number of nitrogens with zero attached hydrogens (tertiary/aromatic N) is 3. The van der Waals surface area contributed by atoms with Gasteiger partial charge in [-0.05, 0) is 41.8 Å². The molecule has 0 spiro atoms. The van der Waals surface area contributed by atoms with E-state index in [1.807, 2.05) is 6.92 Å². The second-order valence-electron chi connectivity index (χ2n) is 7.02. The molecule has 8 nitrogen and oxygen atoms in total. The molecule has 3 rings (SSSR count). The summed E-state index contributed by atoms with van der Waals surface area (Å²) >= 11 is 0. The number of carbonyl (C=O) groups is 1. The minimum atomic E-state index is -4.78. The molecule has 0 aliphatic heterocycles. The number of carbonyl (C=O) groups excluding carboxylic acids is 1. The van der Waals surface area contributed by atoms with Crippen molar-refractivity contribution in [1.82, 2.24) is 15.1 Å². The summed E-state index contributed by atoms with van der Waals surface area (Å²) in [6.45, 7) is 1.96. The lowest BCUT2D eigenvalue weighted by atomic mass is 10.0. The summed E-state index contributed by atoms with van der Waals surface area (Å²) in [6, 6.07) is 9.93. The van der Waals surface area contributed by atoms with Crippen molar-refractivity contribution in [2.45, 2.75) is 39.1 Å². The van der Waals surface area contributed by atoms with E-state index in [-0.39, 0.29) is 29.4 Å². The lowest BCUT2D eigenvalue weighted by molar-refractivity contribution is -0.274. The molecular formula is C21H22F3N5O3. The molecule has 0 bridgehead atoms. The highest BCUT2D eigenvalue weighted by molar-refractivity contribution is 6.00. The van der Waals surface area contributed by atoms with Crippen LogP contribution in [0.4, 0.5) is 18.9 Å². The number of rotatable bonds is 8. The highest BCUT2D eigenvalue weighted by atomic mass is 19.4. The maximum atomic E-state index is 12.8. The van der Waals surface area contributed by atoms with E-state index in [0.717, 1.165) is 17.9 Å². The Balaban J connectivity index is 1.74. The number of hydrogen-bond donors (Lipinski definition) is 2. The van der Waals surface area contributed by atoms with Crippen molar-refractivity contribution in [2.75, 3.05) is 5.73 Å². The quantitative estimate of drug-likeness (QED) is 0.230. The number of ether oxygens (including phenoxy) is 1. The van der Waals surface area contributed by atoms with Gasteiger partial charge in [-0.2, -0.15) is 4.98 Å². The topological polar surface area (TPSA) is 120 Å². The summed E-state index contributed by atoms with van der Waals surface area (Å²) in [5.41, 5.74) is 7.42. The number of hydrogen-bond acceptors (Lipinski definition) is 7. The predicted molar refractivity (Wildman–Crippen MR) is 110 cm³/mol. The van der Waals surface area contributed by atoms with E-state index in [0.29, 0.717) is 23.4 Å². The molecule has 1 aromatic heterocycles. The molecule has 0 saturated heterocycles. The van der Waals surface area contributed by atoms with E-state index >= 15 is 0 Å². The standard InChI is InChI=1S/C21H22F3N5O3/c1-2-3-4-19-27-18(28-32-19)12-29(26)20(30)16-11-14(7-10-17(16)25)13-5-8-15(9-6-13)31-21(22,23)24/h5-11H,2-4,12,25-26H2,1H3. The number of benzene rings is 2. The third-order valence-electron chi connectivity index (χ3n) is 4.53. The van der Waals surface area contributed by atoms with Gasteiger partial charge in [0.1, 0.15) is 12.3 Å². The van der Waals surface area contributed by atoms with Crippen molar-refractivity contribution in [1.29, 1.82) is 0 Å². The van der Waals surface area contributed by atoms with Crippen molar-refractivity contribution in [3.8, 4) is 16.9 Å². The molecule has 0 radical (unpaired) electrons. The highest BCUT2D eigenvalue weighted by Crippen LogP contribution is 2.28. The minimum absolute atomic E-state index is 0.0817. The zero-order valence-electron chi connectivity index (χ0n) is 17.2. The maximum Gasteiger partial charge on any atom is 0.573 e. The Morgan fingerprint density at radius 1 is 1.16 bits per heavy atom. The molecule has 3 aromatic rings. The largest absolute Gasteiger partial charge is 0.573 e. The minimum Gasteiger partial charge on any atom is -0.406 e. The first-order chi connectivity index (χ1) is 15.2. The molecular weight excluding hydrogens is 427 g/mol. The van der Waals surface area contributed by atoms with Crippen LogP contribution >= 0.6 is 0 Å². The summed E-state index contributed by atoms with van der Waals surface area (Å²) in [6.07, 6.45) is -2.25. The molecule has 4 N–H and O–H groups in total. The van der Waals surface area contributed by atoms with Crippen LogP contribution < -0.4 is 16.3 Å². The Kier molecular flexibility index (Phi) is 6.98. The summed E-state index contributed by atoms with van der Waals surface area (Å²) in [5.74, 6) is 5.73. The lowest BCUT2D eigenvalue weighted by Gasteiger charge is -2.16. The monoisotopic (exact) mass is 449 g/mol. The zero-order chi connectivity index (χ0) is 23.3. The molecule has 2 aromatic carbocycles. The summed E-state index contributed by atoms with van der Waals surface area (Å²) < 4.78 is 46.0. The zero-order valence-corrected chi connectivity index (χ0v) is 17.2. The van der Waals surface area contributed by atoms with Gasteiger partial charge in [-0.3, -0.25) is 9.80 Å². The Bertz CT molecular complexity index is 1070. The van der Waals surface area contributed by atoms with Crippen LogP contribution in [0.25, 0.3) is 11.1 Å². The van der Waals surface area contributed by atoms with Gasteiger partial charge in [0.2, 0.25) is 5.89 Å². The highest BCUT2D eigenvalue weighted by Gasteiger charge is 2.31. The van der Waals surface area contributed by atoms with Gasteiger partial charge in [-0.15, -0.1) is 13.2 Å². The fourth-order valence-electron chi connectivity index (χ4n) is 2.93. The van der Waals surface area contributed by atoms with Gasteiger partial charge < -0.3 is 15.0 Å². The molecule has 0 aliphatic rings. The van der Waals surface area contributed by atoms with E-state index in [1.165, 1.54) is 36.4 Å². The molecule has 1 amide bonds. The van der Waals surface area contributed by atoms with Crippen LogP contribution in [-0.4, -0.2) is 27.4 Å². The normalized spacial score (nSPS) is 11.4. The lowest BCUT2D eigenvalue weighted by Crippen LogP contribution is -2.37. The number of aryl methyl sites for hydroxylation is 1. The number of nitrogen functional groups attached to an aromatic ring is 1. The van der Waals surface area contributed by atoms with Gasteiger partial charge in [0.05, 0.1) is 5.56 Å². The molecule has 170 valence electrons. The van der Waals surface area contributed by atoms with Crippen molar-refractivity contribution in [2.24, 2.45) is 5.84 Å². The van der Waals surface area contributed by atoms with Crippen molar-refractivity contribution < 1.29 is 27.2 Å². The van der Waals surface area contributed by atoms with Gasteiger partial charge >= 0.3 is 6.36 Å². The van der Waals surface area contributed by atoms with Crippen LogP contribution in [0.5, 0.6) is 5.75 Å². The number of aromatic nitrogens is 2. The van der Waals surface area contributed by atoms with E-state index in [1.54, 1.807) is 6.07 Å². The van der Waals surface area contributed by atoms with Crippen LogP contribution in [0.3, 0.4) is 0 Å². The molecule has 0 unspecified atom stereocenters. The second kappa shape index (κ2) is 9.69. The van der Waals surface area contributed by atoms with Crippen LogP contribution in [0, 0.1) is 0 Å². The van der Waals surface area contributed by atoms with E-state index < -0.39 is 12.3 Å². The average molecular weight is 449 g/mol. The number of alkyl halides is 3. The fraction of sp³-hybridized carbons (Fsp3) is 0.286. The van der Waals surface area contributed by atoms with Crippen LogP contribution in [-0.2, 0) is 13.0 Å². The van der Waals surface area contributed by atoms with Gasteiger partial charge in [0.15, 0.2) is 5.82 Å². The average Bonchev–Trinajstić information content (AvgIpc) is 3.18. The molecule has 0 saturated carbocycles. The first-order valence-electron chi connectivity index (χ1n) is 9.80. The van der Waals surface area contributed by atoms with Gasteiger partial charge in [0, 0.05) is 12.1 Å². The van der Waals surface area contributed by atoms with Gasteiger partial charge in [-0.1, -0.05) is 36.7 Å². The van der Waals surface area contributed by atoms with E-state index in [2.05, 4.69) is 14.9 Å². The summed E-state index contributed by atoms with van der Waals surface area (Å²) in [5, 5.41) is 4.74. The fourth-order valence-corrected chi connectivity index (χ4v) is 2.93. The first kappa shape index (κ1) is 23.1. The number of anilines is 1. The van der Waals surface area contributed by atoms with E-state index in [9.17, 15) is 18.0 Å². The van der Waals surface area contributed by atoms with Crippen molar-refractivity contribution in [3.63, 3.8) is 0 Å². The number of nitrogens with two attached hydrogens (primary N) is 2. The predicted octanol–water partition coefficient (Wildman–Crippen LogP) is 4.08. The second-order valence-corrected chi connectivity index (χ2v) is 7.02. The third-order valence-corrected chi connectivity index (χ3v) is 4.53. The molecule has 0 aliphatic carbocycles. The molecule has 11 heteroatoms. The van der Waals surface area contributed by atoms with Crippen molar-refractivity contribution >= 4 is 11.6 Å². The smallest absolute Gasteiger partial charge is 0.406 e. The Labute approximate surface area is 181 Å².